The third-order valence-electron chi connectivity index (χ3n) is 6.83. The molecule has 3 aromatic rings. The Morgan fingerprint density at radius 2 is 2.03 bits per heavy atom. The van der Waals surface area contributed by atoms with Gasteiger partial charge < -0.3 is 10.1 Å². The maximum atomic E-state index is 12.9. The van der Waals surface area contributed by atoms with E-state index < -0.39 is 0 Å². The van der Waals surface area contributed by atoms with Gasteiger partial charge in [0.25, 0.3) is 0 Å². The molecule has 36 heavy (non-hydrogen) atoms. The number of nitriles is 1. The molecule has 0 amide bonds. The van der Waals surface area contributed by atoms with Crippen LogP contribution in [-0.4, -0.2) is 17.6 Å². The minimum Gasteiger partial charge on any atom is -0.462 e. The number of rotatable bonds is 7. The number of esters is 1. The Morgan fingerprint density at radius 1 is 1.28 bits per heavy atom. The average molecular weight is 520 g/mol. The van der Waals surface area contributed by atoms with E-state index in [4.69, 9.17) is 9.72 Å². The van der Waals surface area contributed by atoms with Gasteiger partial charge in [-0.2, -0.15) is 5.26 Å². The van der Waals surface area contributed by atoms with E-state index in [1.165, 1.54) is 21.8 Å². The topological polar surface area (TPSA) is 75.0 Å². The monoisotopic (exact) mass is 519 g/mol. The first-order valence-electron chi connectivity index (χ1n) is 12.5. The van der Waals surface area contributed by atoms with E-state index in [9.17, 15) is 10.1 Å². The van der Waals surface area contributed by atoms with Crippen LogP contribution in [-0.2, 0) is 24.0 Å². The van der Waals surface area contributed by atoms with Crippen LogP contribution in [0.3, 0.4) is 0 Å². The van der Waals surface area contributed by atoms with Crippen molar-refractivity contribution in [3.63, 3.8) is 0 Å². The number of fused-ring (bicyclic) bond motifs is 1. The fourth-order valence-corrected chi connectivity index (χ4v) is 6.65. The summed E-state index contributed by atoms with van der Waals surface area (Å²) in [7, 11) is 0. The number of aryl methyl sites for hydroxylation is 1. The summed E-state index contributed by atoms with van der Waals surface area (Å²) in [6, 6.07) is 10.6. The van der Waals surface area contributed by atoms with E-state index in [2.05, 4.69) is 63.3 Å². The normalized spacial score (nSPS) is 15.8. The lowest BCUT2D eigenvalue weighted by Gasteiger charge is -2.33. The van der Waals surface area contributed by atoms with Gasteiger partial charge in [0.15, 0.2) is 0 Å². The van der Waals surface area contributed by atoms with E-state index in [-0.39, 0.29) is 11.4 Å². The lowest BCUT2D eigenvalue weighted by atomic mass is 9.72. The summed E-state index contributed by atoms with van der Waals surface area (Å²) in [5.74, 6) is 0.266. The summed E-state index contributed by atoms with van der Waals surface area (Å²) >= 11 is 3.05. The molecule has 1 N–H and O–H groups in total. The average Bonchev–Trinajstić information content (AvgIpc) is 3.49. The first-order valence-corrected chi connectivity index (χ1v) is 14.2. The van der Waals surface area contributed by atoms with Gasteiger partial charge in [0.1, 0.15) is 21.7 Å². The summed E-state index contributed by atoms with van der Waals surface area (Å²) in [6.07, 6.45) is 5.54. The predicted molar refractivity (Wildman–Crippen MR) is 149 cm³/mol. The zero-order chi connectivity index (χ0) is 25.9. The van der Waals surface area contributed by atoms with E-state index in [0.717, 1.165) is 47.5 Å². The lowest BCUT2D eigenvalue weighted by Crippen LogP contribution is -2.26. The van der Waals surface area contributed by atoms with Gasteiger partial charge in [-0.25, -0.2) is 9.78 Å². The molecular weight excluding hydrogens is 486 g/mol. The van der Waals surface area contributed by atoms with Crippen LogP contribution in [0.25, 0.3) is 16.8 Å². The molecule has 2 aromatic heterocycles. The smallest absolute Gasteiger partial charge is 0.341 e. The number of thiophene rings is 1. The lowest BCUT2D eigenvalue weighted by molar-refractivity contribution is 0.0526. The number of allylic oxidation sites excluding steroid dienone is 1. The fourth-order valence-electron chi connectivity index (χ4n) is 4.57. The van der Waals surface area contributed by atoms with E-state index >= 15 is 0 Å². The van der Waals surface area contributed by atoms with Gasteiger partial charge in [0.05, 0.1) is 17.9 Å². The molecule has 0 fully saturated rings. The molecule has 188 valence electrons. The summed E-state index contributed by atoms with van der Waals surface area (Å²) < 4.78 is 5.41. The van der Waals surface area contributed by atoms with Crippen molar-refractivity contribution in [1.29, 1.82) is 5.26 Å². The summed E-state index contributed by atoms with van der Waals surface area (Å²) in [5, 5.41) is 16.5. The number of carbonyl (C=O) groups excluding carboxylic acids is 1. The zero-order valence-corrected chi connectivity index (χ0v) is 23.2. The number of ether oxygens (including phenoxy) is 1. The minimum absolute atomic E-state index is 0.215. The Balaban J connectivity index is 1.62. The van der Waals surface area contributed by atoms with Crippen molar-refractivity contribution in [2.75, 3.05) is 11.9 Å². The second-order valence-corrected chi connectivity index (χ2v) is 12.1. The molecule has 2 heterocycles. The van der Waals surface area contributed by atoms with Crippen molar-refractivity contribution in [2.24, 2.45) is 11.3 Å². The van der Waals surface area contributed by atoms with Crippen LogP contribution >= 0.6 is 22.7 Å². The second-order valence-electron chi connectivity index (χ2n) is 10.1. The number of hydrogen-bond donors (Lipinski definition) is 1. The van der Waals surface area contributed by atoms with Gasteiger partial charge in [0.2, 0.25) is 0 Å². The molecule has 0 spiro atoms. The summed E-state index contributed by atoms with van der Waals surface area (Å²) in [4.78, 5) is 18.9. The van der Waals surface area contributed by atoms with Crippen LogP contribution in [0.1, 0.15) is 72.4 Å². The van der Waals surface area contributed by atoms with Gasteiger partial charge in [-0.3, -0.25) is 0 Å². The largest absolute Gasteiger partial charge is 0.462 e. The molecule has 1 aliphatic rings. The summed E-state index contributed by atoms with van der Waals surface area (Å²) in [5.41, 5.74) is 5.53. The minimum atomic E-state index is -0.300. The van der Waals surface area contributed by atoms with Gasteiger partial charge in [-0.15, -0.1) is 22.7 Å². The SMILES string of the molecule is CCOC(=O)c1c(N/C=C(\C#N)c2nc(-c3ccc(CC)cc3)cs2)sc2c1CCC(C(C)(C)C)C2. The highest BCUT2D eigenvalue weighted by Gasteiger charge is 2.34. The Kier molecular flexibility index (Phi) is 7.97. The number of aromatic nitrogens is 1. The van der Waals surface area contributed by atoms with Crippen molar-refractivity contribution in [3.05, 3.63) is 62.4 Å². The number of carbonyl (C=O) groups is 1. The van der Waals surface area contributed by atoms with Crippen LogP contribution < -0.4 is 5.32 Å². The second kappa shape index (κ2) is 11.0. The maximum Gasteiger partial charge on any atom is 0.341 e. The zero-order valence-electron chi connectivity index (χ0n) is 21.6. The van der Waals surface area contributed by atoms with Crippen molar-refractivity contribution in [3.8, 4) is 17.3 Å². The van der Waals surface area contributed by atoms with Crippen LogP contribution in [0.4, 0.5) is 5.00 Å². The van der Waals surface area contributed by atoms with E-state index in [1.54, 1.807) is 17.5 Å². The standard InChI is InChI=1S/C29H33N3O2S2/c1-6-18-8-10-19(11-9-18)23-17-35-26(32-23)20(15-30)16-31-27-25(28(33)34-7-2)22-13-12-21(29(3,4)5)14-24(22)36-27/h8-11,16-17,21,31H,6-7,12-14H2,1-5H3/b20-16+. The molecule has 1 atom stereocenters. The molecule has 7 heteroatoms. The van der Waals surface area contributed by atoms with Crippen LogP contribution in [0, 0.1) is 22.7 Å². The number of anilines is 1. The van der Waals surface area contributed by atoms with Gasteiger partial charge in [0, 0.05) is 22.0 Å². The molecule has 0 radical (unpaired) electrons. The molecule has 4 rings (SSSR count). The Bertz CT molecular complexity index is 1300. The molecule has 1 aromatic carbocycles. The van der Waals surface area contributed by atoms with Crippen LogP contribution in [0.15, 0.2) is 35.8 Å². The van der Waals surface area contributed by atoms with Crippen LogP contribution in [0.5, 0.6) is 0 Å². The molecular formula is C29H33N3O2S2. The molecule has 0 aliphatic heterocycles. The number of nitrogens with one attached hydrogen (secondary N) is 1. The van der Waals surface area contributed by atoms with Gasteiger partial charge in [-0.05, 0) is 55.1 Å². The Hall–Kier alpha value is -2.95. The Labute approximate surface area is 221 Å². The maximum absolute atomic E-state index is 12.9. The first kappa shape index (κ1) is 26.1. The molecule has 1 unspecified atom stereocenters. The number of nitrogens with zero attached hydrogens (tertiary/aromatic N) is 2. The van der Waals surface area contributed by atoms with Gasteiger partial charge >= 0.3 is 5.97 Å². The van der Waals surface area contributed by atoms with Gasteiger partial charge in [-0.1, -0.05) is 52.0 Å². The van der Waals surface area contributed by atoms with Crippen molar-refractivity contribution >= 4 is 39.2 Å². The van der Waals surface area contributed by atoms with Crippen molar-refractivity contribution in [2.45, 2.75) is 60.3 Å². The van der Waals surface area contributed by atoms with Crippen molar-refractivity contribution in [1.82, 2.24) is 4.98 Å². The molecule has 5 nitrogen and oxygen atoms in total. The van der Waals surface area contributed by atoms with Crippen LogP contribution in [0.2, 0.25) is 0 Å². The summed E-state index contributed by atoms with van der Waals surface area (Å²) in [6.45, 7) is 11.1. The molecule has 0 bridgehead atoms. The molecule has 1 aliphatic carbocycles. The highest BCUT2D eigenvalue weighted by atomic mass is 32.1. The third-order valence-corrected chi connectivity index (χ3v) is 8.89. The first-order chi connectivity index (χ1) is 17.2. The Morgan fingerprint density at radius 3 is 2.67 bits per heavy atom. The van der Waals surface area contributed by atoms with E-state index in [0.29, 0.717) is 28.7 Å². The third kappa shape index (κ3) is 5.55. The number of benzene rings is 1. The number of hydrogen-bond acceptors (Lipinski definition) is 7. The number of thiazole rings is 1. The quantitative estimate of drug-likeness (QED) is 0.255. The highest BCUT2D eigenvalue weighted by molar-refractivity contribution is 7.16. The molecule has 0 saturated carbocycles. The molecule has 0 saturated heterocycles. The fraction of sp³-hybridized carbons (Fsp3) is 0.414. The predicted octanol–water partition coefficient (Wildman–Crippen LogP) is 7.74. The van der Waals surface area contributed by atoms with Crippen molar-refractivity contribution < 1.29 is 9.53 Å². The van der Waals surface area contributed by atoms with E-state index in [1.807, 2.05) is 12.3 Å². The highest BCUT2D eigenvalue weighted by Crippen LogP contribution is 2.44.